The molecule has 0 N–H and O–H groups in total. The van der Waals surface area contributed by atoms with Crippen molar-refractivity contribution in [2.75, 3.05) is 5.75 Å². The molecule has 1 heterocycles. The molecule has 2 aromatic rings. The summed E-state index contributed by atoms with van der Waals surface area (Å²) in [6.07, 6.45) is 0.172. The van der Waals surface area contributed by atoms with Crippen LogP contribution in [0.15, 0.2) is 46.0 Å². The van der Waals surface area contributed by atoms with Gasteiger partial charge in [-0.05, 0) is 23.1 Å². The normalized spacial score (nSPS) is 10.4. The van der Waals surface area contributed by atoms with Gasteiger partial charge >= 0.3 is 0 Å². The van der Waals surface area contributed by atoms with E-state index in [9.17, 15) is 9.18 Å². The molecule has 0 atom stereocenters. The summed E-state index contributed by atoms with van der Waals surface area (Å²) in [5.74, 6) is 0.143. The molecule has 2 rings (SSSR count). The fourth-order valence-electron chi connectivity index (χ4n) is 1.40. The summed E-state index contributed by atoms with van der Waals surface area (Å²) in [6, 6.07) is 10.3. The second-order valence-electron chi connectivity index (χ2n) is 3.53. The molecule has 0 saturated carbocycles. The van der Waals surface area contributed by atoms with E-state index in [4.69, 9.17) is 0 Å². The van der Waals surface area contributed by atoms with Gasteiger partial charge in [0.15, 0.2) is 0 Å². The molecule has 0 amide bonds. The zero-order valence-electron chi connectivity index (χ0n) is 9.06. The van der Waals surface area contributed by atoms with Crippen molar-refractivity contribution in [3.05, 3.63) is 53.2 Å². The highest BCUT2D eigenvalue weighted by molar-refractivity contribution is 8.01. The molecular weight excluding hydrogens is 255 g/mol. The Morgan fingerprint density at radius 1 is 1.24 bits per heavy atom. The van der Waals surface area contributed by atoms with Gasteiger partial charge in [-0.2, -0.15) is 0 Å². The molecule has 0 aliphatic rings. The van der Waals surface area contributed by atoms with Gasteiger partial charge in [0.05, 0.1) is 9.96 Å². The molecule has 4 heteroatoms. The van der Waals surface area contributed by atoms with Gasteiger partial charge in [0.1, 0.15) is 11.6 Å². The molecule has 88 valence electrons. The summed E-state index contributed by atoms with van der Waals surface area (Å²) in [6.45, 7) is 0. The molecule has 0 spiro atoms. The van der Waals surface area contributed by atoms with Gasteiger partial charge in [0, 0.05) is 6.42 Å². The van der Waals surface area contributed by atoms with Crippen molar-refractivity contribution in [3.63, 3.8) is 0 Å². The van der Waals surface area contributed by atoms with Crippen molar-refractivity contribution in [1.29, 1.82) is 0 Å². The number of thiophene rings is 1. The van der Waals surface area contributed by atoms with Gasteiger partial charge in [-0.25, -0.2) is 4.39 Å². The minimum Gasteiger partial charge on any atom is -0.298 e. The van der Waals surface area contributed by atoms with Gasteiger partial charge in [-0.3, -0.25) is 4.79 Å². The van der Waals surface area contributed by atoms with E-state index in [-0.39, 0.29) is 18.0 Å². The van der Waals surface area contributed by atoms with E-state index in [1.54, 1.807) is 29.5 Å². The highest BCUT2D eigenvalue weighted by Gasteiger charge is 2.08. The number of ketones is 1. The van der Waals surface area contributed by atoms with E-state index in [1.165, 1.54) is 17.8 Å². The lowest BCUT2D eigenvalue weighted by Crippen LogP contribution is -2.06. The van der Waals surface area contributed by atoms with Gasteiger partial charge in [-0.15, -0.1) is 23.1 Å². The zero-order chi connectivity index (χ0) is 12.1. The molecule has 1 nitrogen and oxygen atoms in total. The third-order valence-corrected chi connectivity index (χ3v) is 4.41. The largest absolute Gasteiger partial charge is 0.298 e. The summed E-state index contributed by atoms with van der Waals surface area (Å²) in [7, 11) is 0. The second-order valence-corrected chi connectivity index (χ2v) is 5.75. The molecular formula is C13H11FOS2. The average Bonchev–Trinajstić information content (AvgIpc) is 2.82. The summed E-state index contributed by atoms with van der Waals surface area (Å²) in [5, 5.41) is 1.98. The highest BCUT2D eigenvalue weighted by Crippen LogP contribution is 2.23. The van der Waals surface area contributed by atoms with Crippen LogP contribution in [0.25, 0.3) is 0 Å². The number of hydrogen-bond acceptors (Lipinski definition) is 3. The first-order valence-electron chi connectivity index (χ1n) is 5.17. The van der Waals surface area contributed by atoms with Crippen LogP contribution in [0.1, 0.15) is 5.56 Å². The summed E-state index contributed by atoms with van der Waals surface area (Å²) >= 11 is 3.12. The molecule has 17 heavy (non-hydrogen) atoms. The van der Waals surface area contributed by atoms with E-state index in [2.05, 4.69) is 0 Å². The smallest absolute Gasteiger partial charge is 0.147 e. The standard InChI is InChI=1S/C13H11FOS2/c14-12-5-2-1-4-10(12)8-11(15)9-17-13-6-3-7-16-13/h1-7H,8-9H2. The minimum absolute atomic E-state index is 0.0495. The van der Waals surface area contributed by atoms with E-state index >= 15 is 0 Å². The zero-order valence-corrected chi connectivity index (χ0v) is 10.7. The van der Waals surface area contributed by atoms with Crippen molar-refractivity contribution in [2.24, 2.45) is 0 Å². The Kier molecular flexibility index (Phi) is 4.34. The van der Waals surface area contributed by atoms with Gasteiger partial charge < -0.3 is 0 Å². The molecule has 0 fully saturated rings. The van der Waals surface area contributed by atoms with Crippen molar-refractivity contribution in [1.82, 2.24) is 0 Å². The summed E-state index contributed by atoms with van der Waals surface area (Å²) in [4.78, 5) is 11.7. The number of hydrogen-bond donors (Lipinski definition) is 0. The van der Waals surface area contributed by atoms with Crippen LogP contribution in [0.5, 0.6) is 0 Å². The van der Waals surface area contributed by atoms with Crippen molar-refractivity contribution in [3.8, 4) is 0 Å². The number of benzene rings is 1. The highest BCUT2D eigenvalue weighted by atomic mass is 32.2. The van der Waals surface area contributed by atoms with Gasteiger partial charge in [0.2, 0.25) is 0 Å². The van der Waals surface area contributed by atoms with Crippen LogP contribution in [0.2, 0.25) is 0 Å². The Balaban J connectivity index is 1.87. The molecule has 0 aliphatic heterocycles. The molecule has 0 unspecified atom stereocenters. The van der Waals surface area contributed by atoms with Gasteiger partial charge in [0.25, 0.3) is 0 Å². The number of rotatable bonds is 5. The van der Waals surface area contributed by atoms with E-state index < -0.39 is 0 Å². The Bertz CT molecular complexity index is 494. The van der Waals surface area contributed by atoms with Crippen LogP contribution in [0.3, 0.4) is 0 Å². The maximum Gasteiger partial charge on any atom is 0.147 e. The fourth-order valence-corrected chi connectivity index (χ4v) is 3.05. The number of thioether (sulfide) groups is 1. The first-order valence-corrected chi connectivity index (χ1v) is 7.03. The van der Waals surface area contributed by atoms with Crippen LogP contribution in [0, 0.1) is 5.82 Å². The van der Waals surface area contributed by atoms with Crippen molar-refractivity contribution >= 4 is 28.9 Å². The first-order chi connectivity index (χ1) is 8.25. The predicted molar refractivity (Wildman–Crippen MR) is 70.2 cm³/mol. The molecule has 0 aliphatic carbocycles. The third-order valence-electron chi connectivity index (χ3n) is 2.22. The van der Waals surface area contributed by atoms with E-state index in [0.717, 1.165) is 4.21 Å². The second kappa shape index (κ2) is 5.98. The van der Waals surface area contributed by atoms with Crippen LogP contribution in [-0.4, -0.2) is 11.5 Å². The molecule has 0 radical (unpaired) electrons. The molecule has 1 aromatic carbocycles. The number of halogens is 1. The quantitative estimate of drug-likeness (QED) is 0.766. The van der Waals surface area contributed by atoms with Crippen LogP contribution < -0.4 is 0 Å². The molecule has 1 aromatic heterocycles. The molecule has 0 bridgehead atoms. The number of Topliss-reactive ketones (excluding diaryl/α,β-unsaturated/α-hetero) is 1. The van der Waals surface area contributed by atoms with Crippen LogP contribution >= 0.6 is 23.1 Å². The van der Waals surface area contributed by atoms with E-state index in [0.29, 0.717) is 11.3 Å². The topological polar surface area (TPSA) is 17.1 Å². The number of carbonyl (C=O) groups excluding carboxylic acids is 1. The third kappa shape index (κ3) is 3.68. The SMILES string of the molecule is O=C(CSc1cccs1)Cc1ccccc1F. The van der Waals surface area contributed by atoms with Crippen molar-refractivity contribution in [2.45, 2.75) is 10.6 Å². The Morgan fingerprint density at radius 2 is 2.06 bits per heavy atom. The maximum atomic E-state index is 13.3. The average molecular weight is 266 g/mol. The first kappa shape index (κ1) is 12.3. The van der Waals surface area contributed by atoms with Crippen LogP contribution in [0.4, 0.5) is 4.39 Å². The summed E-state index contributed by atoms with van der Waals surface area (Å²) < 4.78 is 14.4. The molecule has 0 saturated heterocycles. The predicted octanol–water partition coefficient (Wildman–Crippen LogP) is 3.79. The number of carbonyl (C=O) groups is 1. The minimum atomic E-state index is -0.304. The monoisotopic (exact) mass is 266 g/mol. The van der Waals surface area contributed by atoms with E-state index in [1.807, 2.05) is 17.5 Å². The fraction of sp³-hybridized carbons (Fsp3) is 0.154. The summed E-state index contributed by atoms with van der Waals surface area (Å²) in [5.41, 5.74) is 0.476. The maximum absolute atomic E-state index is 13.3. The van der Waals surface area contributed by atoms with Crippen molar-refractivity contribution < 1.29 is 9.18 Å². The Morgan fingerprint density at radius 3 is 2.76 bits per heavy atom. The lowest BCUT2D eigenvalue weighted by atomic mass is 10.1. The Hall–Kier alpha value is -1.13. The Labute approximate surface area is 108 Å². The van der Waals surface area contributed by atoms with Crippen LogP contribution in [-0.2, 0) is 11.2 Å². The lowest BCUT2D eigenvalue weighted by molar-refractivity contribution is -0.116. The van der Waals surface area contributed by atoms with Gasteiger partial charge in [-0.1, -0.05) is 24.3 Å². The lowest BCUT2D eigenvalue weighted by Gasteiger charge is -2.01.